The Labute approximate surface area is 129 Å². The van der Waals surface area contributed by atoms with E-state index >= 15 is 0 Å². The summed E-state index contributed by atoms with van der Waals surface area (Å²) in [6.45, 7) is 0. The molecule has 0 fully saturated rings. The summed E-state index contributed by atoms with van der Waals surface area (Å²) in [5, 5.41) is 0. The first-order chi connectivity index (χ1) is 9.65. The number of hydrogen-bond acceptors (Lipinski definition) is 2. The van der Waals surface area contributed by atoms with Crippen LogP contribution in [-0.4, -0.2) is 19.1 Å². The summed E-state index contributed by atoms with van der Waals surface area (Å²) in [5.74, 6) is 1.53. The van der Waals surface area contributed by atoms with Crippen LogP contribution < -0.4 is 9.47 Å². The van der Waals surface area contributed by atoms with Gasteiger partial charge < -0.3 is 9.47 Å². The van der Waals surface area contributed by atoms with Crippen molar-refractivity contribution in [1.29, 1.82) is 0 Å². The molecule has 0 N–H and O–H groups in total. The van der Waals surface area contributed by atoms with Gasteiger partial charge in [-0.05, 0) is 35.4 Å². The minimum absolute atomic E-state index is 0.0878. The molecule has 0 spiro atoms. The average Bonchev–Trinajstić information content (AvgIpc) is 2.48. The molecule has 0 bridgehead atoms. The summed E-state index contributed by atoms with van der Waals surface area (Å²) in [4.78, 5) is -0.531. The van der Waals surface area contributed by atoms with Gasteiger partial charge in [0.05, 0.1) is 14.2 Å². The van der Waals surface area contributed by atoms with Crippen LogP contribution in [-0.2, 0) is 0 Å². The van der Waals surface area contributed by atoms with Crippen LogP contribution in [0.15, 0.2) is 48.5 Å². The van der Waals surface area contributed by atoms with Crippen LogP contribution in [0.3, 0.4) is 0 Å². The van der Waals surface area contributed by atoms with Crippen LogP contribution >= 0.6 is 23.2 Å². The van der Waals surface area contributed by atoms with Crippen molar-refractivity contribution in [2.24, 2.45) is 0 Å². The van der Waals surface area contributed by atoms with Crippen molar-refractivity contribution in [2.75, 3.05) is 14.2 Å². The number of hydrogen-bond donors (Lipinski definition) is 0. The molecule has 0 saturated heterocycles. The number of benzene rings is 2. The van der Waals surface area contributed by atoms with Gasteiger partial charge in [0.25, 0.3) is 0 Å². The molecule has 2 aromatic rings. The van der Waals surface area contributed by atoms with E-state index in [0.717, 1.165) is 22.6 Å². The van der Waals surface area contributed by atoms with Gasteiger partial charge >= 0.3 is 0 Å². The highest BCUT2D eigenvalue weighted by Crippen LogP contribution is 2.34. The van der Waals surface area contributed by atoms with E-state index in [0.29, 0.717) is 0 Å². The van der Waals surface area contributed by atoms with Crippen LogP contribution in [0.1, 0.15) is 17.0 Å². The van der Waals surface area contributed by atoms with Crippen LogP contribution in [0.4, 0.5) is 0 Å². The third kappa shape index (κ3) is 3.38. The van der Waals surface area contributed by atoms with Gasteiger partial charge in [0.15, 0.2) is 0 Å². The Kier molecular flexibility index (Phi) is 5.16. The van der Waals surface area contributed by atoms with Gasteiger partial charge in [-0.2, -0.15) is 0 Å². The smallest absolute Gasteiger partial charge is 0.118 e. The lowest BCUT2D eigenvalue weighted by atomic mass is 9.92. The first kappa shape index (κ1) is 15.0. The SMILES string of the molecule is COc1ccc(C(c2ccc(OC)cc2)C(Cl)Cl)cc1. The molecule has 2 nitrogen and oxygen atoms in total. The monoisotopic (exact) mass is 310 g/mol. The first-order valence-electron chi connectivity index (χ1n) is 6.21. The number of rotatable bonds is 5. The molecule has 20 heavy (non-hydrogen) atoms. The number of ether oxygens (including phenoxy) is 2. The van der Waals surface area contributed by atoms with Crippen molar-refractivity contribution in [3.05, 3.63) is 59.7 Å². The maximum atomic E-state index is 6.16. The summed E-state index contributed by atoms with van der Waals surface area (Å²) in [5.41, 5.74) is 2.09. The quantitative estimate of drug-likeness (QED) is 0.749. The largest absolute Gasteiger partial charge is 0.497 e. The van der Waals surface area contributed by atoms with Crippen LogP contribution in [0.25, 0.3) is 0 Å². The van der Waals surface area contributed by atoms with Crippen molar-refractivity contribution in [1.82, 2.24) is 0 Å². The van der Waals surface area contributed by atoms with Gasteiger partial charge in [-0.1, -0.05) is 24.3 Å². The van der Waals surface area contributed by atoms with Gasteiger partial charge in [-0.3, -0.25) is 0 Å². The molecule has 2 rings (SSSR count). The second kappa shape index (κ2) is 6.87. The second-order valence-electron chi connectivity index (χ2n) is 4.36. The molecule has 106 valence electrons. The van der Waals surface area contributed by atoms with E-state index in [-0.39, 0.29) is 5.92 Å². The van der Waals surface area contributed by atoms with Crippen LogP contribution in [0, 0.1) is 0 Å². The summed E-state index contributed by atoms with van der Waals surface area (Å²) < 4.78 is 10.3. The molecule has 2 aromatic carbocycles. The van der Waals surface area contributed by atoms with Gasteiger partial charge in [-0.25, -0.2) is 0 Å². The van der Waals surface area contributed by atoms with Crippen LogP contribution in [0.2, 0.25) is 0 Å². The Bertz CT molecular complexity index is 488. The van der Waals surface area contributed by atoms with E-state index in [1.807, 2.05) is 48.5 Å². The summed E-state index contributed by atoms with van der Waals surface area (Å²) in [7, 11) is 3.28. The van der Waals surface area contributed by atoms with E-state index in [1.165, 1.54) is 0 Å². The number of halogens is 2. The zero-order chi connectivity index (χ0) is 14.5. The molecular formula is C16H16Cl2O2. The summed E-state index contributed by atoms with van der Waals surface area (Å²) >= 11 is 12.3. The lowest BCUT2D eigenvalue weighted by molar-refractivity contribution is 0.414. The average molecular weight is 311 g/mol. The molecule has 0 radical (unpaired) electrons. The van der Waals surface area contributed by atoms with Gasteiger partial charge in [0, 0.05) is 5.92 Å². The lowest BCUT2D eigenvalue weighted by Gasteiger charge is -2.19. The fraction of sp³-hybridized carbons (Fsp3) is 0.250. The third-order valence-corrected chi connectivity index (χ3v) is 3.71. The third-order valence-electron chi connectivity index (χ3n) is 3.20. The Balaban J connectivity index is 2.33. The van der Waals surface area contributed by atoms with E-state index < -0.39 is 4.84 Å². The molecule has 0 aliphatic heterocycles. The predicted molar refractivity (Wildman–Crippen MR) is 83.3 cm³/mol. The first-order valence-corrected chi connectivity index (χ1v) is 7.09. The molecule has 0 amide bonds. The van der Waals surface area contributed by atoms with Crippen molar-refractivity contribution in [3.8, 4) is 11.5 Å². The molecular weight excluding hydrogens is 295 g/mol. The van der Waals surface area contributed by atoms with E-state index in [9.17, 15) is 0 Å². The Morgan fingerprint density at radius 2 is 1.05 bits per heavy atom. The maximum Gasteiger partial charge on any atom is 0.118 e. The normalized spacial score (nSPS) is 10.9. The molecule has 4 heteroatoms. The highest BCUT2D eigenvalue weighted by Gasteiger charge is 2.21. The molecule has 0 aliphatic carbocycles. The lowest BCUT2D eigenvalue weighted by Crippen LogP contribution is -2.09. The molecule has 0 aromatic heterocycles. The van der Waals surface area contributed by atoms with Gasteiger partial charge in [-0.15, -0.1) is 23.2 Å². The number of alkyl halides is 2. The second-order valence-corrected chi connectivity index (χ2v) is 5.52. The molecule has 0 unspecified atom stereocenters. The topological polar surface area (TPSA) is 18.5 Å². The van der Waals surface area contributed by atoms with E-state index in [1.54, 1.807) is 14.2 Å². The Morgan fingerprint density at radius 1 is 0.700 bits per heavy atom. The van der Waals surface area contributed by atoms with Gasteiger partial charge in [0.1, 0.15) is 16.3 Å². The molecule has 0 atom stereocenters. The Morgan fingerprint density at radius 3 is 1.30 bits per heavy atom. The molecule has 0 heterocycles. The highest BCUT2D eigenvalue weighted by atomic mass is 35.5. The van der Waals surface area contributed by atoms with Crippen molar-refractivity contribution >= 4 is 23.2 Å². The minimum atomic E-state index is -0.531. The number of methoxy groups -OCH3 is 2. The molecule has 0 saturated carbocycles. The van der Waals surface area contributed by atoms with E-state index in [2.05, 4.69) is 0 Å². The minimum Gasteiger partial charge on any atom is -0.497 e. The predicted octanol–water partition coefficient (Wildman–Crippen LogP) is 4.64. The van der Waals surface area contributed by atoms with Crippen molar-refractivity contribution in [2.45, 2.75) is 10.8 Å². The van der Waals surface area contributed by atoms with E-state index in [4.69, 9.17) is 32.7 Å². The highest BCUT2D eigenvalue weighted by molar-refractivity contribution is 6.45. The van der Waals surface area contributed by atoms with Crippen molar-refractivity contribution < 1.29 is 9.47 Å². The zero-order valence-electron chi connectivity index (χ0n) is 11.3. The summed E-state index contributed by atoms with van der Waals surface area (Å²) in [6, 6.07) is 15.5. The van der Waals surface area contributed by atoms with Crippen LogP contribution in [0.5, 0.6) is 11.5 Å². The maximum absolute atomic E-state index is 6.16. The fourth-order valence-electron chi connectivity index (χ4n) is 2.11. The summed E-state index contributed by atoms with van der Waals surface area (Å²) in [6.07, 6.45) is 0. The Hall–Kier alpha value is -1.38. The van der Waals surface area contributed by atoms with Gasteiger partial charge in [0.2, 0.25) is 0 Å². The standard InChI is InChI=1S/C16H16Cl2O2/c1-19-13-7-3-11(4-8-13)15(16(17)18)12-5-9-14(20-2)10-6-12/h3-10,15-16H,1-2H3. The zero-order valence-corrected chi connectivity index (χ0v) is 12.9. The molecule has 0 aliphatic rings. The fourth-order valence-corrected chi connectivity index (χ4v) is 2.69. The van der Waals surface area contributed by atoms with Crippen molar-refractivity contribution in [3.63, 3.8) is 0 Å².